The second-order valence-electron chi connectivity index (χ2n) is 6.30. The van der Waals surface area contributed by atoms with Crippen molar-refractivity contribution in [2.75, 3.05) is 39.0 Å². The van der Waals surface area contributed by atoms with E-state index in [1.165, 1.54) is 23.4 Å². The van der Waals surface area contributed by atoms with E-state index in [-0.39, 0.29) is 25.0 Å². The summed E-state index contributed by atoms with van der Waals surface area (Å²) in [7, 11) is -3.30. The first-order valence-electron chi connectivity index (χ1n) is 8.31. The van der Waals surface area contributed by atoms with Crippen LogP contribution in [0.4, 0.5) is 0 Å². The van der Waals surface area contributed by atoms with Crippen LogP contribution in [0.2, 0.25) is 0 Å². The van der Waals surface area contributed by atoms with Gasteiger partial charge in [-0.2, -0.15) is 4.31 Å². The van der Waals surface area contributed by atoms with Crippen LogP contribution in [0.1, 0.15) is 44.9 Å². The smallest absolute Gasteiger partial charge is 0.223 e. The van der Waals surface area contributed by atoms with Gasteiger partial charge in [0.1, 0.15) is 0 Å². The van der Waals surface area contributed by atoms with Gasteiger partial charge >= 0.3 is 0 Å². The average molecular weight is 332 g/mol. The molecular formula is C15H28N2O4S. The zero-order valence-corrected chi connectivity index (χ0v) is 14.3. The highest BCUT2D eigenvalue weighted by Gasteiger charge is 2.26. The Hall–Kier alpha value is -0.660. The van der Waals surface area contributed by atoms with Crippen LogP contribution in [-0.4, -0.2) is 68.7 Å². The Morgan fingerprint density at radius 2 is 1.86 bits per heavy atom. The highest BCUT2D eigenvalue weighted by Crippen LogP contribution is 2.16. The van der Waals surface area contributed by atoms with Gasteiger partial charge in [-0.25, -0.2) is 8.42 Å². The summed E-state index contributed by atoms with van der Waals surface area (Å²) < 4.78 is 30.7. The third-order valence-electron chi connectivity index (χ3n) is 4.43. The average Bonchev–Trinajstić information content (AvgIpc) is 2.81. The molecule has 0 saturated carbocycles. The second-order valence-corrected chi connectivity index (χ2v) is 8.28. The van der Waals surface area contributed by atoms with Gasteiger partial charge in [-0.15, -0.1) is 0 Å². The minimum Gasteiger partial charge on any atom is -0.377 e. The van der Waals surface area contributed by atoms with Crippen molar-refractivity contribution in [2.24, 2.45) is 0 Å². The first-order valence-corrected chi connectivity index (χ1v) is 10.2. The lowest BCUT2D eigenvalue weighted by molar-refractivity contribution is -0.131. The van der Waals surface area contributed by atoms with Crippen molar-refractivity contribution in [2.45, 2.75) is 51.0 Å². The van der Waals surface area contributed by atoms with Crippen LogP contribution in [0.15, 0.2) is 0 Å². The van der Waals surface area contributed by atoms with Gasteiger partial charge in [0.15, 0.2) is 0 Å². The molecule has 2 saturated heterocycles. The lowest BCUT2D eigenvalue weighted by atomic mass is 10.2. The number of ether oxygens (including phenoxy) is 1. The molecule has 22 heavy (non-hydrogen) atoms. The number of hydrogen-bond acceptors (Lipinski definition) is 4. The lowest BCUT2D eigenvalue weighted by Gasteiger charge is -2.25. The van der Waals surface area contributed by atoms with Crippen LogP contribution in [0.25, 0.3) is 0 Å². The maximum absolute atomic E-state index is 12.3. The van der Waals surface area contributed by atoms with E-state index in [0.29, 0.717) is 13.2 Å². The Morgan fingerprint density at radius 1 is 1.18 bits per heavy atom. The predicted octanol–water partition coefficient (Wildman–Crippen LogP) is 1.22. The molecule has 0 aromatic carbocycles. The van der Waals surface area contributed by atoms with E-state index < -0.39 is 10.0 Å². The molecule has 0 aromatic rings. The Kier molecular flexibility index (Phi) is 6.65. The van der Waals surface area contributed by atoms with E-state index in [1.54, 1.807) is 0 Å². The van der Waals surface area contributed by atoms with Crippen molar-refractivity contribution in [3.05, 3.63) is 0 Å². The molecule has 0 spiro atoms. The Labute approximate surface area is 133 Å². The third-order valence-corrected chi connectivity index (χ3v) is 5.70. The van der Waals surface area contributed by atoms with Crippen molar-refractivity contribution in [3.8, 4) is 0 Å². The van der Waals surface area contributed by atoms with E-state index >= 15 is 0 Å². The van der Waals surface area contributed by atoms with E-state index in [1.807, 2.05) is 4.90 Å². The SMILES string of the molecule is CS(=O)(=O)N(CCC(=O)N1CCCCCC1)CC1CCCO1. The predicted molar refractivity (Wildman–Crippen MR) is 85.1 cm³/mol. The minimum atomic E-state index is -3.30. The maximum atomic E-state index is 12.3. The van der Waals surface area contributed by atoms with Crippen LogP contribution >= 0.6 is 0 Å². The zero-order valence-electron chi connectivity index (χ0n) is 13.5. The number of likely N-dealkylation sites (tertiary alicyclic amines) is 1. The molecule has 1 amide bonds. The normalized spacial score (nSPS) is 23.7. The van der Waals surface area contributed by atoms with Crippen molar-refractivity contribution in [1.29, 1.82) is 0 Å². The Morgan fingerprint density at radius 3 is 2.41 bits per heavy atom. The van der Waals surface area contributed by atoms with Gasteiger partial charge in [-0.05, 0) is 25.7 Å². The maximum Gasteiger partial charge on any atom is 0.223 e. The van der Waals surface area contributed by atoms with Crippen LogP contribution < -0.4 is 0 Å². The van der Waals surface area contributed by atoms with Gasteiger partial charge in [0.2, 0.25) is 15.9 Å². The number of carbonyl (C=O) groups excluding carboxylic acids is 1. The molecule has 2 heterocycles. The number of carbonyl (C=O) groups is 1. The topological polar surface area (TPSA) is 66.9 Å². The molecule has 2 aliphatic rings. The molecule has 6 nitrogen and oxygen atoms in total. The van der Waals surface area contributed by atoms with Gasteiger partial charge in [0.05, 0.1) is 12.4 Å². The summed E-state index contributed by atoms with van der Waals surface area (Å²) in [6, 6.07) is 0. The Bertz CT molecular complexity index is 452. The molecule has 0 radical (unpaired) electrons. The molecule has 0 bridgehead atoms. The standard InChI is InChI=1S/C15H28N2O4S/c1-22(19,20)17(13-14-7-6-12-21-14)11-8-15(18)16-9-4-2-3-5-10-16/h14H,2-13H2,1H3. The zero-order chi connectivity index (χ0) is 16.0. The van der Waals surface area contributed by atoms with Crippen LogP contribution in [0.5, 0.6) is 0 Å². The van der Waals surface area contributed by atoms with E-state index in [0.717, 1.165) is 38.8 Å². The van der Waals surface area contributed by atoms with Gasteiger partial charge in [-0.3, -0.25) is 4.79 Å². The summed E-state index contributed by atoms with van der Waals surface area (Å²) >= 11 is 0. The molecule has 2 aliphatic heterocycles. The molecular weight excluding hydrogens is 304 g/mol. The molecule has 1 unspecified atom stereocenters. The molecule has 7 heteroatoms. The third kappa shape index (κ3) is 5.52. The molecule has 128 valence electrons. The molecule has 0 N–H and O–H groups in total. The van der Waals surface area contributed by atoms with E-state index in [2.05, 4.69) is 0 Å². The van der Waals surface area contributed by atoms with Gasteiger partial charge in [0, 0.05) is 39.2 Å². The number of rotatable bonds is 6. The molecule has 0 aliphatic carbocycles. The summed E-state index contributed by atoms with van der Waals surface area (Å²) in [5, 5.41) is 0. The van der Waals surface area contributed by atoms with Crippen molar-refractivity contribution >= 4 is 15.9 Å². The fourth-order valence-electron chi connectivity index (χ4n) is 3.11. The molecule has 0 aromatic heterocycles. The molecule has 2 fully saturated rings. The van der Waals surface area contributed by atoms with Crippen molar-refractivity contribution < 1.29 is 17.9 Å². The minimum absolute atomic E-state index is 0.0250. The fraction of sp³-hybridized carbons (Fsp3) is 0.933. The van der Waals surface area contributed by atoms with E-state index in [4.69, 9.17) is 4.74 Å². The lowest BCUT2D eigenvalue weighted by Crippen LogP contribution is -2.40. The monoisotopic (exact) mass is 332 g/mol. The number of amides is 1. The number of hydrogen-bond donors (Lipinski definition) is 0. The summed E-state index contributed by atoms with van der Waals surface area (Å²) in [5.41, 5.74) is 0. The van der Waals surface area contributed by atoms with Crippen molar-refractivity contribution in [3.63, 3.8) is 0 Å². The Balaban J connectivity index is 1.85. The van der Waals surface area contributed by atoms with Gasteiger partial charge in [-0.1, -0.05) is 12.8 Å². The summed E-state index contributed by atoms with van der Waals surface area (Å²) in [6.07, 6.45) is 7.79. The van der Waals surface area contributed by atoms with E-state index in [9.17, 15) is 13.2 Å². The highest BCUT2D eigenvalue weighted by molar-refractivity contribution is 7.88. The van der Waals surface area contributed by atoms with Gasteiger partial charge in [0.25, 0.3) is 0 Å². The van der Waals surface area contributed by atoms with Crippen LogP contribution in [0.3, 0.4) is 0 Å². The highest BCUT2D eigenvalue weighted by atomic mass is 32.2. The first-order chi connectivity index (χ1) is 10.5. The van der Waals surface area contributed by atoms with Crippen molar-refractivity contribution in [1.82, 2.24) is 9.21 Å². The second kappa shape index (κ2) is 8.26. The molecule has 2 rings (SSSR count). The van der Waals surface area contributed by atoms with Crippen LogP contribution in [-0.2, 0) is 19.6 Å². The van der Waals surface area contributed by atoms with Gasteiger partial charge < -0.3 is 9.64 Å². The number of nitrogens with zero attached hydrogens (tertiary/aromatic N) is 2. The largest absolute Gasteiger partial charge is 0.377 e. The fourth-order valence-corrected chi connectivity index (χ4v) is 3.97. The first kappa shape index (κ1) is 17.7. The number of sulfonamides is 1. The quantitative estimate of drug-likeness (QED) is 0.733. The van der Waals surface area contributed by atoms with Crippen LogP contribution in [0, 0.1) is 0 Å². The summed E-state index contributed by atoms with van der Waals surface area (Å²) in [4.78, 5) is 14.2. The molecule has 1 atom stereocenters. The summed E-state index contributed by atoms with van der Waals surface area (Å²) in [5.74, 6) is 0.0721. The summed E-state index contributed by atoms with van der Waals surface area (Å²) in [6.45, 7) is 2.95.